The Balaban J connectivity index is 2.39. The second kappa shape index (κ2) is 4.63. The molecule has 0 spiro atoms. The summed E-state index contributed by atoms with van der Waals surface area (Å²) in [6, 6.07) is 5.02. The lowest BCUT2D eigenvalue weighted by atomic mass is 10.4. The molecular formula is C8H8BrF3N2. The van der Waals surface area contributed by atoms with Gasteiger partial charge in [0.15, 0.2) is 0 Å². The standard InChI is InChI=1S/C8H8BrF3N2/c9-6-2-1-3-7(14-6)13-5-4-8(10,11)12/h1-3H,4-5H2,(H,13,14). The van der Waals surface area contributed by atoms with E-state index in [1.807, 2.05) is 0 Å². The largest absolute Gasteiger partial charge is 0.390 e. The molecule has 0 radical (unpaired) electrons. The highest BCUT2D eigenvalue weighted by Gasteiger charge is 2.26. The van der Waals surface area contributed by atoms with Crippen LogP contribution in [0.2, 0.25) is 0 Å². The minimum Gasteiger partial charge on any atom is -0.370 e. The van der Waals surface area contributed by atoms with Crippen molar-refractivity contribution in [3.8, 4) is 0 Å². The van der Waals surface area contributed by atoms with Crippen molar-refractivity contribution in [3.63, 3.8) is 0 Å². The Hall–Kier alpha value is -0.780. The SMILES string of the molecule is FC(F)(F)CCNc1cccc(Br)n1. The lowest BCUT2D eigenvalue weighted by Crippen LogP contribution is -2.15. The molecule has 2 nitrogen and oxygen atoms in total. The van der Waals surface area contributed by atoms with Crippen molar-refractivity contribution in [3.05, 3.63) is 22.8 Å². The van der Waals surface area contributed by atoms with E-state index in [9.17, 15) is 13.2 Å². The van der Waals surface area contributed by atoms with Gasteiger partial charge in [-0.2, -0.15) is 13.2 Å². The van der Waals surface area contributed by atoms with Crippen molar-refractivity contribution in [2.45, 2.75) is 12.6 Å². The lowest BCUT2D eigenvalue weighted by molar-refractivity contribution is -0.131. The van der Waals surface area contributed by atoms with Gasteiger partial charge in [-0.3, -0.25) is 0 Å². The van der Waals surface area contributed by atoms with E-state index in [0.717, 1.165) is 0 Å². The van der Waals surface area contributed by atoms with Gasteiger partial charge in [0.05, 0.1) is 6.42 Å². The van der Waals surface area contributed by atoms with E-state index in [1.54, 1.807) is 18.2 Å². The maximum absolute atomic E-state index is 11.8. The summed E-state index contributed by atoms with van der Waals surface area (Å²) >= 11 is 3.12. The van der Waals surface area contributed by atoms with Crippen LogP contribution in [0.3, 0.4) is 0 Å². The number of pyridine rings is 1. The first-order valence-electron chi connectivity index (χ1n) is 3.90. The average molecular weight is 269 g/mol. The number of hydrogen-bond donors (Lipinski definition) is 1. The second-order valence-corrected chi connectivity index (χ2v) is 3.45. The van der Waals surface area contributed by atoms with Crippen LogP contribution in [0.4, 0.5) is 19.0 Å². The van der Waals surface area contributed by atoms with Gasteiger partial charge in [0.2, 0.25) is 0 Å². The van der Waals surface area contributed by atoms with Gasteiger partial charge >= 0.3 is 6.18 Å². The molecule has 0 saturated carbocycles. The highest BCUT2D eigenvalue weighted by Crippen LogP contribution is 2.19. The topological polar surface area (TPSA) is 24.9 Å². The Labute approximate surface area is 87.7 Å². The third kappa shape index (κ3) is 4.45. The van der Waals surface area contributed by atoms with E-state index in [0.29, 0.717) is 10.4 Å². The van der Waals surface area contributed by atoms with Crippen molar-refractivity contribution < 1.29 is 13.2 Å². The third-order valence-electron chi connectivity index (χ3n) is 1.43. The molecule has 0 amide bonds. The van der Waals surface area contributed by atoms with E-state index >= 15 is 0 Å². The minimum absolute atomic E-state index is 0.160. The molecule has 0 aliphatic carbocycles. The summed E-state index contributed by atoms with van der Waals surface area (Å²) in [5.41, 5.74) is 0. The molecule has 0 aliphatic heterocycles. The number of halogens is 4. The van der Waals surface area contributed by atoms with Gasteiger partial charge in [-0.25, -0.2) is 4.98 Å². The molecule has 1 aromatic rings. The van der Waals surface area contributed by atoms with Crippen LogP contribution in [0, 0.1) is 0 Å². The molecule has 0 aromatic carbocycles. The first kappa shape index (κ1) is 11.3. The van der Waals surface area contributed by atoms with Crippen LogP contribution in [0.25, 0.3) is 0 Å². The van der Waals surface area contributed by atoms with Crippen molar-refractivity contribution in [2.24, 2.45) is 0 Å². The fraction of sp³-hybridized carbons (Fsp3) is 0.375. The van der Waals surface area contributed by atoms with Gasteiger partial charge in [0.1, 0.15) is 10.4 Å². The Morgan fingerprint density at radius 3 is 2.64 bits per heavy atom. The molecule has 6 heteroatoms. The van der Waals surface area contributed by atoms with Crippen LogP contribution in [0.15, 0.2) is 22.8 Å². The highest BCUT2D eigenvalue weighted by atomic mass is 79.9. The quantitative estimate of drug-likeness (QED) is 0.852. The van der Waals surface area contributed by atoms with Crippen molar-refractivity contribution in [1.29, 1.82) is 0 Å². The second-order valence-electron chi connectivity index (χ2n) is 2.64. The molecule has 1 aromatic heterocycles. The Morgan fingerprint density at radius 2 is 2.07 bits per heavy atom. The summed E-state index contributed by atoms with van der Waals surface area (Å²) in [5.74, 6) is 0.434. The maximum Gasteiger partial charge on any atom is 0.390 e. The van der Waals surface area contributed by atoms with E-state index in [1.165, 1.54) is 0 Å². The normalized spacial score (nSPS) is 11.4. The summed E-state index contributed by atoms with van der Waals surface area (Å²) in [7, 11) is 0. The predicted octanol–water partition coefficient (Wildman–Crippen LogP) is 3.21. The van der Waals surface area contributed by atoms with Gasteiger partial charge in [-0.15, -0.1) is 0 Å². The molecule has 0 atom stereocenters. The monoisotopic (exact) mass is 268 g/mol. The Bertz CT molecular complexity index is 301. The van der Waals surface area contributed by atoms with Gasteiger partial charge in [-0.1, -0.05) is 6.07 Å². The van der Waals surface area contributed by atoms with Crippen LogP contribution in [0.5, 0.6) is 0 Å². The smallest absolute Gasteiger partial charge is 0.370 e. The molecule has 1 rings (SSSR count). The van der Waals surface area contributed by atoms with Crippen LogP contribution in [-0.4, -0.2) is 17.7 Å². The number of alkyl halides is 3. The summed E-state index contributed by atoms with van der Waals surface area (Å²) in [5, 5.41) is 2.58. The summed E-state index contributed by atoms with van der Waals surface area (Å²) in [4.78, 5) is 3.93. The van der Waals surface area contributed by atoms with Crippen LogP contribution >= 0.6 is 15.9 Å². The molecule has 0 bridgehead atoms. The molecule has 0 unspecified atom stereocenters. The minimum atomic E-state index is -4.13. The first-order chi connectivity index (χ1) is 6.47. The van der Waals surface area contributed by atoms with E-state index < -0.39 is 12.6 Å². The number of aromatic nitrogens is 1. The summed E-state index contributed by atoms with van der Waals surface area (Å²) in [6.07, 6.45) is -4.99. The molecule has 0 aliphatic rings. The Kier molecular flexibility index (Phi) is 3.74. The molecule has 1 N–H and O–H groups in total. The van der Waals surface area contributed by atoms with Gasteiger partial charge in [0.25, 0.3) is 0 Å². The number of nitrogens with one attached hydrogen (secondary N) is 1. The molecule has 78 valence electrons. The fourth-order valence-corrected chi connectivity index (χ4v) is 1.18. The van der Waals surface area contributed by atoms with Gasteiger partial charge < -0.3 is 5.32 Å². The van der Waals surface area contributed by atoms with E-state index in [-0.39, 0.29) is 6.54 Å². The molecule has 0 saturated heterocycles. The average Bonchev–Trinajstić information content (AvgIpc) is 2.01. The molecular weight excluding hydrogens is 261 g/mol. The van der Waals surface area contributed by atoms with Crippen LogP contribution in [-0.2, 0) is 0 Å². The zero-order valence-electron chi connectivity index (χ0n) is 7.11. The lowest BCUT2D eigenvalue weighted by Gasteiger charge is -2.07. The van der Waals surface area contributed by atoms with Crippen molar-refractivity contribution >= 4 is 21.7 Å². The molecule has 14 heavy (non-hydrogen) atoms. The number of anilines is 1. The van der Waals surface area contributed by atoms with Gasteiger partial charge in [0, 0.05) is 6.54 Å². The van der Waals surface area contributed by atoms with E-state index in [4.69, 9.17) is 0 Å². The predicted molar refractivity (Wildman–Crippen MR) is 51.1 cm³/mol. The van der Waals surface area contributed by atoms with Crippen molar-refractivity contribution in [1.82, 2.24) is 4.98 Å². The highest BCUT2D eigenvalue weighted by molar-refractivity contribution is 9.10. The number of rotatable bonds is 3. The molecule has 0 fully saturated rings. The third-order valence-corrected chi connectivity index (χ3v) is 1.87. The maximum atomic E-state index is 11.8. The number of nitrogens with zero attached hydrogens (tertiary/aromatic N) is 1. The molecule has 1 heterocycles. The van der Waals surface area contributed by atoms with Gasteiger partial charge in [-0.05, 0) is 28.1 Å². The summed E-state index contributed by atoms with van der Waals surface area (Å²) in [6.45, 7) is -0.160. The first-order valence-corrected chi connectivity index (χ1v) is 4.70. The zero-order chi connectivity index (χ0) is 10.6. The van der Waals surface area contributed by atoms with Crippen LogP contribution < -0.4 is 5.32 Å². The van der Waals surface area contributed by atoms with E-state index in [2.05, 4.69) is 26.2 Å². The fourth-order valence-electron chi connectivity index (χ4n) is 0.839. The van der Waals surface area contributed by atoms with Crippen molar-refractivity contribution in [2.75, 3.05) is 11.9 Å². The Morgan fingerprint density at radius 1 is 1.36 bits per heavy atom. The van der Waals surface area contributed by atoms with Crippen LogP contribution in [0.1, 0.15) is 6.42 Å². The number of hydrogen-bond acceptors (Lipinski definition) is 2. The zero-order valence-corrected chi connectivity index (χ0v) is 8.69. The summed E-state index contributed by atoms with van der Waals surface area (Å²) < 4.78 is 35.9.